The van der Waals surface area contributed by atoms with Gasteiger partial charge in [0.15, 0.2) is 0 Å². The van der Waals surface area contributed by atoms with Gasteiger partial charge in [-0.3, -0.25) is 4.79 Å². The summed E-state index contributed by atoms with van der Waals surface area (Å²) in [5, 5.41) is 11.8. The monoisotopic (exact) mass is 187 g/mol. The fourth-order valence-electron chi connectivity index (χ4n) is 1.06. The van der Waals surface area contributed by atoms with Crippen molar-refractivity contribution in [2.75, 3.05) is 13.1 Å². The van der Waals surface area contributed by atoms with Gasteiger partial charge in [0.1, 0.15) is 0 Å². The fraction of sp³-hybridized carbons (Fsp3) is 0.900. The van der Waals surface area contributed by atoms with Gasteiger partial charge in [0, 0.05) is 6.42 Å². The van der Waals surface area contributed by atoms with Crippen molar-refractivity contribution in [3.05, 3.63) is 0 Å². The summed E-state index contributed by atoms with van der Waals surface area (Å²) in [7, 11) is 0. The number of carbonyl (C=O) groups is 1. The molecule has 0 aromatic rings. The van der Waals surface area contributed by atoms with Crippen LogP contribution in [0.2, 0.25) is 0 Å². The normalized spacial score (nSPS) is 14.2. The highest BCUT2D eigenvalue weighted by Gasteiger charge is 2.11. The van der Waals surface area contributed by atoms with Gasteiger partial charge >= 0.3 is 5.97 Å². The van der Waals surface area contributed by atoms with Crippen molar-refractivity contribution in [2.45, 2.75) is 34.1 Å². The molecule has 0 saturated heterocycles. The Morgan fingerprint density at radius 3 is 2.38 bits per heavy atom. The topological polar surface area (TPSA) is 49.3 Å². The van der Waals surface area contributed by atoms with Crippen LogP contribution in [0.5, 0.6) is 0 Å². The van der Waals surface area contributed by atoms with Gasteiger partial charge in [-0.15, -0.1) is 0 Å². The highest BCUT2D eigenvalue weighted by Crippen LogP contribution is 2.10. The van der Waals surface area contributed by atoms with Crippen LogP contribution in [0, 0.1) is 11.3 Å². The lowest BCUT2D eigenvalue weighted by Crippen LogP contribution is -2.31. The molecule has 0 spiro atoms. The van der Waals surface area contributed by atoms with Gasteiger partial charge in [0.25, 0.3) is 0 Å². The van der Waals surface area contributed by atoms with Crippen molar-refractivity contribution in [3.8, 4) is 0 Å². The van der Waals surface area contributed by atoms with Gasteiger partial charge in [-0.2, -0.15) is 0 Å². The van der Waals surface area contributed by atoms with E-state index in [0.717, 1.165) is 13.1 Å². The molecule has 0 heterocycles. The first-order valence-corrected chi connectivity index (χ1v) is 4.74. The van der Waals surface area contributed by atoms with Crippen LogP contribution < -0.4 is 5.32 Å². The second kappa shape index (κ2) is 5.22. The average molecular weight is 187 g/mol. The van der Waals surface area contributed by atoms with E-state index in [1.807, 2.05) is 6.92 Å². The Kier molecular flexibility index (Phi) is 4.99. The summed E-state index contributed by atoms with van der Waals surface area (Å²) in [6.45, 7) is 10.1. The van der Waals surface area contributed by atoms with Crippen LogP contribution >= 0.6 is 0 Å². The van der Waals surface area contributed by atoms with Crippen molar-refractivity contribution in [3.63, 3.8) is 0 Å². The third kappa shape index (κ3) is 9.34. The lowest BCUT2D eigenvalue weighted by Gasteiger charge is -2.20. The van der Waals surface area contributed by atoms with E-state index < -0.39 is 5.97 Å². The molecule has 1 atom stereocenters. The molecule has 0 aliphatic heterocycles. The molecule has 2 N–H and O–H groups in total. The van der Waals surface area contributed by atoms with Crippen molar-refractivity contribution in [2.24, 2.45) is 11.3 Å². The van der Waals surface area contributed by atoms with Crippen LogP contribution in [-0.4, -0.2) is 24.2 Å². The van der Waals surface area contributed by atoms with E-state index in [-0.39, 0.29) is 17.8 Å². The van der Waals surface area contributed by atoms with E-state index in [1.165, 1.54) is 0 Å². The summed E-state index contributed by atoms with van der Waals surface area (Å²) in [5.41, 5.74) is 0.267. The molecule has 0 saturated carbocycles. The molecule has 0 fully saturated rings. The van der Waals surface area contributed by atoms with E-state index in [4.69, 9.17) is 5.11 Å². The van der Waals surface area contributed by atoms with Gasteiger partial charge in [0.05, 0.1) is 0 Å². The molecule has 1 unspecified atom stereocenters. The minimum atomic E-state index is -0.718. The Morgan fingerprint density at radius 1 is 1.46 bits per heavy atom. The molecule has 0 radical (unpaired) electrons. The lowest BCUT2D eigenvalue weighted by molar-refractivity contribution is -0.137. The number of hydrogen-bond donors (Lipinski definition) is 2. The van der Waals surface area contributed by atoms with Gasteiger partial charge in [-0.05, 0) is 24.4 Å². The number of aliphatic carboxylic acids is 1. The number of rotatable bonds is 5. The van der Waals surface area contributed by atoms with E-state index in [2.05, 4.69) is 26.1 Å². The van der Waals surface area contributed by atoms with Crippen molar-refractivity contribution < 1.29 is 9.90 Å². The molecule has 0 aromatic carbocycles. The van der Waals surface area contributed by atoms with Crippen molar-refractivity contribution in [1.82, 2.24) is 5.32 Å². The van der Waals surface area contributed by atoms with E-state index in [9.17, 15) is 4.79 Å². The Morgan fingerprint density at radius 2 is 2.00 bits per heavy atom. The number of nitrogens with one attached hydrogen (secondary N) is 1. The predicted octanol–water partition coefficient (Wildman–Crippen LogP) is 1.73. The van der Waals surface area contributed by atoms with Gasteiger partial charge in [-0.25, -0.2) is 0 Å². The first kappa shape index (κ1) is 12.4. The number of carboxylic acids is 1. The van der Waals surface area contributed by atoms with Gasteiger partial charge in [-0.1, -0.05) is 27.7 Å². The van der Waals surface area contributed by atoms with Gasteiger partial charge < -0.3 is 10.4 Å². The minimum absolute atomic E-state index is 0.208. The SMILES string of the molecule is CC(CNCC(C)(C)C)CC(=O)O. The predicted molar refractivity (Wildman–Crippen MR) is 53.7 cm³/mol. The second-order valence-corrected chi connectivity index (χ2v) is 4.89. The van der Waals surface area contributed by atoms with Crippen LogP contribution in [0.3, 0.4) is 0 Å². The summed E-state index contributed by atoms with van der Waals surface area (Å²) >= 11 is 0. The first-order valence-electron chi connectivity index (χ1n) is 4.74. The largest absolute Gasteiger partial charge is 0.481 e. The third-order valence-corrected chi connectivity index (χ3v) is 1.67. The molecular weight excluding hydrogens is 166 g/mol. The zero-order valence-electron chi connectivity index (χ0n) is 9.05. The molecule has 13 heavy (non-hydrogen) atoms. The van der Waals surface area contributed by atoms with E-state index in [1.54, 1.807) is 0 Å². The smallest absolute Gasteiger partial charge is 0.303 e. The number of carboxylic acid groups (broad SMARTS) is 1. The molecular formula is C10H21NO2. The molecule has 0 aliphatic carbocycles. The highest BCUT2D eigenvalue weighted by molar-refractivity contribution is 5.66. The Hall–Kier alpha value is -0.570. The second-order valence-electron chi connectivity index (χ2n) is 4.89. The van der Waals surface area contributed by atoms with E-state index in [0.29, 0.717) is 0 Å². The molecule has 0 aromatic heterocycles. The van der Waals surface area contributed by atoms with Crippen LogP contribution in [-0.2, 0) is 4.79 Å². The summed E-state index contributed by atoms with van der Waals surface area (Å²) in [6.07, 6.45) is 0.247. The fourth-order valence-corrected chi connectivity index (χ4v) is 1.06. The van der Waals surface area contributed by atoms with Crippen LogP contribution in [0.1, 0.15) is 34.1 Å². The maximum atomic E-state index is 10.3. The molecule has 0 aliphatic rings. The maximum absolute atomic E-state index is 10.3. The minimum Gasteiger partial charge on any atom is -0.481 e. The third-order valence-electron chi connectivity index (χ3n) is 1.67. The molecule has 0 rings (SSSR count). The Balaban J connectivity index is 3.48. The standard InChI is InChI=1S/C10H21NO2/c1-8(5-9(12)13)6-11-7-10(2,3)4/h8,11H,5-7H2,1-4H3,(H,12,13). The molecule has 78 valence electrons. The zero-order chi connectivity index (χ0) is 10.5. The maximum Gasteiger partial charge on any atom is 0.303 e. The van der Waals surface area contributed by atoms with Crippen LogP contribution in [0.15, 0.2) is 0 Å². The average Bonchev–Trinajstić information content (AvgIpc) is 1.81. The molecule has 0 bridgehead atoms. The number of hydrogen-bond acceptors (Lipinski definition) is 2. The quantitative estimate of drug-likeness (QED) is 0.689. The molecule has 0 amide bonds. The van der Waals surface area contributed by atoms with Crippen molar-refractivity contribution in [1.29, 1.82) is 0 Å². The Bertz CT molecular complexity index is 161. The highest BCUT2D eigenvalue weighted by atomic mass is 16.4. The summed E-state index contributed by atoms with van der Waals surface area (Å²) in [4.78, 5) is 10.3. The van der Waals surface area contributed by atoms with Crippen molar-refractivity contribution >= 4 is 5.97 Å². The van der Waals surface area contributed by atoms with E-state index >= 15 is 0 Å². The molecule has 3 heteroatoms. The zero-order valence-corrected chi connectivity index (χ0v) is 9.05. The summed E-state index contributed by atoms with van der Waals surface area (Å²) in [6, 6.07) is 0. The van der Waals surface area contributed by atoms with Crippen LogP contribution in [0.4, 0.5) is 0 Å². The first-order chi connectivity index (χ1) is 5.81. The van der Waals surface area contributed by atoms with Crippen LogP contribution in [0.25, 0.3) is 0 Å². The lowest BCUT2D eigenvalue weighted by atomic mass is 9.96. The molecule has 3 nitrogen and oxygen atoms in total. The summed E-state index contributed by atoms with van der Waals surface area (Å²) < 4.78 is 0. The van der Waals surface area contributed by atoms with Gasteiger partial charge in [0.2, 0.25) is 0 Å². The Labute approximate surface area is 80.5 Å². The summed E-state index contributed by atoms with van der Waals surface area (Å²) in [5.74, 6) is -0.509.